The maximum Gasteiger partial charge on any atom is 0.0924 e. The Morgan fingerprint density at radius 1 is 1.15 bits per heavy atom. The van der Waals surface area contributed by atoms with Crippen LogP contribution in [0.3, 0.4) is 0 Å². The van der Waals surface area contributed by atoms with E-state index in [9.17, 15) is 0 Å². The van der Waals surface area contributed by atoms with Crippen LogP contribution in [0.4, 0.5) is 0 Å². The van der Waals surface area contributed by atoms with E-state index in [4.69, 9.17) is 11.6 Å². The van der Waals surface area contributed by atoms with E-state index in [-0.39, 0.29) is 0 Å². The van der Waals surface area contributed by atoms with Crippen LogP contribution in [0.5, 0.6) is 0 Å². The minimum absolute atomic E-state index is 0.494. The smallest absolute Gasteiger partial charge is 0.0924 e. The van der Waals surface area contributed by atoms with Gasteiger partial charge in [0.05, 0.1) is 5.69 Å². The molecule has 1 aromatic heterocycles. The number of nitrogens with one attached hydrogen (secondary N) is 3. The largest absolute Gasteiger partial charge is 0.282 e. The van der Waals surface area contributed by atoms with Crippen molar-refractivity contribution in [2.45, 2.75) is 71.4 Å². The number of benzene rings is 1. The summed E-state index contributed by atoms with van der Waals surface area (Å²) in [6.07, 6.45) is 4.78. The lowest BCUT2D eigenvalue weighted by atomic mass is 9.84. The second-order valence-corrected chi connectivity index (χ2v) is 7.87. The molecule has 6 heteroatoms. The third-order valence-electron chi connectivity index (χ3n) is 4.41. The zero-order valence-electron chi connectivity index (χ0n) is 16.2. The van der Waals surface area contributed by atoms with E-state index in [1.807, 2.05) is 38.1 Å². The van der Waals surface area contributed by atoms with E-state index in [0.717, 1.165) is 16.3 Å². The Morgan fingerprint density at radius 2 is 1.88 bits per heavy atom. The molecule has 0 spiro atoms. The summed E-state index contributed by atoms with van der Waals surface area (Å²) in [5.41, 5.74) is 3.29. The summed E-state index contributed by atoms with van der Waals surface area (Å²) < 4.78 is 6.87. The lowest BCUT2D eigenvalue weighted by Gasteiger charge is -2.28. The summed E-state index contributed by atoms with van der Waals surface area (Å²) in [6.45, 7) is 8.31. The normalized spacial score (nSPS) is 19.9. The Labute approximate surface area is 167 Å². The van der Waals surface area contributed by atoms with Crippen molar-refractivity contribution in [2.75, 3.05) is 0 Å². The standard InChI is InChI=1S/C18H25ClN4S.C2H6/c1-12(2)22-24-23-16-8-6-13(7-9-16)17-11-18(21-20-17)14-4-3-5-15(19)10-14;1-2/h3-5,10-13,16,22-23H,6-9H2,1-2H3,(H,20,21);1-2H3. The van der Waals surface area contributed by atoms with Gasteiger partial charge in [-0.1, -0.05) is 37.6 Å². The van der Waals surface area contributed by atoms with Crippen LogP contribution in [-0.2, 0) is 0 Å². The highest BCUT2D eigenvalue weighted by atomic mass is 35.5. The Balaban J connectivity index is 0.00000117. The van der Waals surface area contributed by atoms with Gasteiger partial charge in [0.25, 0.3) is 0 Å². The first-order valence-corrected chi connectivity index (χ1v) is 10.8. The number of nitrogens with zero attached hydrogens (tertiary/aromatic N) is 1. The van der Waals surface area contributed by atoms with Crippen molar-refractivity contribution < 1.29 is 0 Å². The number of hydrogen-bond donors (Lipinski definition) is 3. The molecule has 1 fully saturated rings. The number of hydrogen-bond acceptors (Lipinski definition) is 4. The molecule has 1 saturated carbocycles. The summed E-state index contributed by atoms with van der Waals surface area (Å²) in [4.78, 5) is 0. The first-order valence-electron chi connectivity index (χ1n) is 9.60. The molecule has 0 unspecified atom stereocenters. The van der Waals surface area contributed by atoms with Gasteiger partial charge in [-0.15, -0.1) is 0 Å². The van der Waals surface area contributed by atoms with Gasteiger partial charge in [-0.05, 0) is 57.7 Å². The van der Waals surface area contributed by atoms with E-state index < -0.39 is 0 Å². The Bertz CT molecular complexity index is 651. The van der Waals surface area contributed by atoms with Crippen LogP contribution < -0.4 is 9.44 Å². The summed E-state index contributed by atoms with van der Waals surface area (Å²) in [6, 6.07) is 11.1. The molecule has 3 rings (SSSR count). The molecular formula is C20H31ClN4S. The highest BCUT2D eigenvalue weighted by Gasteiger charge is 2.24. The van der Waals surface area contributed by atoms with E-state index >= 15 is 0 Å². The fourth-order valence-electron chi connectivity index (χ4n) is 3.10. The van der Waals surface area contributed by atoms with Crippen molar-refractivity contribution in [3.63, 3.8) is 0 Å². The lowest BCUT2D eigenvalue weighted by Crippen LogP contribution is -2.31. The van der Waals surface area contributed by atoms with E-state index in [1.54, 1.807) is 12.1 Å². The summed E-state index contributed by atoms with van der Waals surface area (Å²) in [5, 5.41) is 8.46. The molecule has 0 atom stereocenters. The fourth-order valence-corrected chi connectivity index (χ4v) is 4.00. The van der Waals surface area contributed by atoms with Gasteiger partial charge in [0.1, 0.15) is 0 Å². The van der Waals surface area contributed by atoms with Crippen molar-refractivity contribution in [3.05, 3.63) is 41.0 Å². The minimum atomic E-state index is 0.494. The van der Waals surface area contributed by atoms with Gasteiger partial charge in [0, 0.05) is 46.4 Å². The topological polar surface area (TPSA) is 52.7 Å². The van der Waals surface area contributed by atoms with Crippen LogP contribution in [0.25, 0.3) is 11.3 Å². The SMILES string of the molecule is CC.CC(C)NSNC1CCC(c2cc(-c3cccc(Cl)c3)n[nH]2)CC1. The molecule has 144 valence electrons. The van der Waals surface area contributed by atoms with E-state index in [1.165, 1.54) is 31.4 Å². The first kappa shape index (κ1) is 21.3. The molecular weight excluding hydrogens is 364 g/mol. The maximum absolute atomic E-state index is 6.08. The Kier molecular flexibility index (Phi) is 8.99. The summed E-state index contributed by atoms with van der Waals surface area (Å²) in [5.74, 6) is 0.576. The third-order valence-corrected chi connectivity index (χ3v) is 5.68. The van der Waals surface area contributed by atoms with Gasteiger partial charge in [-0.25, -0.2) is 9.44 Å². The zero-order chi connectivity index (χ0) is 18.9. The molecule has 1 aliphatic rings. The van der Waals surface area contributed by atoms with Gasteiger partial charge >= 0.3 is 0 Å². The lowest BCUT2D eigenvalue weighted by molar-refractivity contribution is 0.376. The molecule has 1 aromatic carbocycles. The molecule has 1 heterocycles. The highest BCUT2D eigenvalue weighted by Crippen LogP contribution is 2.34. The average molecular weight is 395 g/mol. The van der Waals surface area contributed by atoms with Gasteiger partial charge < -0.3 is 0 Å². The summed E-state index contributed by atoms with van der Waals surface area (Å²) >= 11 is 7.71. The van der Waals surface area contributed by atoms with Crippen LogP contribution in [0.2, 0.25) is 5.02 Å². The van der Waals surface area contributed by atoms with Crippen LogP contribution >= 0.6 is 23.7 Å². The van der Waals surface area contributed by atoms with Crippen LogP contribution in [0, 0.1) is 0 Å². The molecule has 0 radical (unpaired) electrons. The Hall–Kier alpha value is -1.01. The number of aromatic nitrogens is 2. The second-order valence-electron chi connectivity index (χ2n) is 6.76. The van der Waals surface area contributed by atoms with Gasteiger partial charge in [-0.3, -0.25) is 5.10 Å². The van der Waals surface area contributed by atoms with Crippen molar-refractivity contribution in [1.29, 1.82) is 0 Å². The molecule has 0 bridgehead atoms. The van der Waals surface area contributed by atoms with Gasteiger partial charge in [0.15, 0.2) is 0 Å². The highest BCUT2D eigenvalue weighted by molar-refractivity contribution is 7.95. The molecule has 0 aliphatic heterocycles. The predicted molar refractivity (Wildman–Crippen MR) is 114 cm³/mol. The first-order chi connectivity index (χ1) is 12.6. The van der Waals surface area contributed by atoms with Crippen LogP contribution in [0.15, 0.2) is 30.3 Å². The summed E-state index contributed by atoms with van der Waals surface area (Å²) in [7, 11) is 0. The van der Waals surface area contributed by atoms with Crippen LogP contribution in [-0.4, -0.2) is 22.3 Å². The van der Waals surface area contributed by atoms with Crippen LogP contribution in [0.1, 0.15) is 65.0 Å². The fraction of sp³-hybridized carbons (Fsp3) is 0.550. The molecule has 4 nitrogen and oxygen atoms in total. The molecule has 1 aliphatic carbocycles. The molecule has 0 amide bonds. The maximum atomic E-state index is 6.08. The molecule has 26 heavy (non-hydrogen) atoms. The van der Waals surface area contributed by atoms with Crippen molar-refractivity contribution >= 4 is 23.7 Å². The quantitative estimate of drug-likeness (QED) is 0.531. The Morgan fingerprint density at radius 3 is 2.54 bits per heavy atom. The molecule has 3 N–H and O–H groups in total. The van der Waals surface area contributed by atoms with Gasteiger partial charge in [0.2, 0.25) is 0 Å². The monoisotopic (exact) mass is 394 g/mol. The second kappa shape index (κ2) is 11.0. The predicted octanol–water partition coefficient (Wildman–Crippen LogP) is 5.93. The van der Waals surface area contributed by atoms with Gasteiger partial charge in [-0.2, -0.15) is 5.10 Å². The van der Waals surface area contributed by atoms with Crippen molar-refractivity contribution in [3.8, 4) is 11.3 Å². The zero-order valence-corrected chi connectivity index (χ0v) is 17.8. The van der Waals surface area contributed by atoms with E-state index in [0.29, 0.717) is 18.0 Å². The molecule has 0 saturated heterocycles. The van der Waals surface area contributed by atoms with E-state index in [2.05, 4.69) is 39.6 Å². The van der Waals surface area contributed by atoms with Crippen molar-refractivity contribution in [2.24, 2.45) is 0 Å². The minimum Gasteiger partial charge on any atom is -0.282 e. The number of H-pyrrole nitrogens is 1. The van der Waals surface area contributed by atoms with Crippen molar-refractivity contribution in [1.82, 2.24) is 19.6 Å². The number of halogens is 1. The number of rotatable bonds is 6. The number of aromatic amines is 1. The molecule has 2 aromatic rings. The third kappa shape index (κ3) is 6.31. The average Bonchev–Trinajstić information content (AvgIpc) is 3.14.